The van der Waals surface area contributed by atoms with Crippen LogP contribution in [0.15, 0.2) is 18.3 Å². The molecule has 0 spiro atoms. The molecule has 0 aliphatic carbocycles. The van der Waals surface area contributed by atoms with E-state index in [0.717, 1.165) is 19.4 Å². The molecule has 0 saturated carbocycles. The first-order valence-electron chi connectivity index (χ1n) is 5.81. The van der Waals surface area contributed by atoms with Crippen LogP contribution in [0, 0.1) is 5.92 Å². The van der Waals surface area contributed by atoms with E-state index in [9.17, 15) is 4.79 Å². The highest BCUT2D eigenvalue weighted by Gasteiger charge is 2.24. The predicted molar refractivity (Wildman–Crippen MR) is 68.1 cm³/mol. The summed E-state index contributed by atoms with van der Waals surface area (Å²) in [4.78, 5) is 15.9. The van der Waals surface area contributed by atoms with E-state index in [1.807, 2.05) is 0 Å². The molecule has 5 heteroatoms. The van der Waals surface area contributed by atoms with Crippen LogP contribution in [0.2, 0.25) is 5.15 Å². The molecular weight excluding hydrogens is 238 g/mol. The van der Waals surface area contributed by atoms with Crippen molar-refractivity contribution < 1.29 is 4.79 Å². The van der Waals surface area contributed by atoms with Crippen molar-refractivity contribution in [2.45, 2.75) is 25.8 Å². The van der Waals surface area contributed by atoms with Crippen LogP contribution in [0.1, 0.15) is 19.8 Å². The number of hydrogen-bond donors (Lipinski definition) is 2. The van der Waals surface area contributed by atoms with Gasteiger partial charge >= 0.3 is 0 Å². The van der Waals surface area contributed by atoms with Gasteiger partial charge in [0.15, 0.2) is 0 Å². The van der Waals surface area contributed by atoms with Gasteiger partial charge in [-0.05, 0) is 37.4 Å². The fraction of sp³-hybridized carbons (Fsp3) is 0.500. The minimum absolute atomic E-state index is 0.000623. The molecule has 2 N–H and O–H groups in total. The SMILES string of the molecule is CC1CCNC(C(=O)Nc2ccc(Cl)nc2)C1. The minimum Gasteiger partial charge on any atom is -0.323 e. The van der Waals surface area contributed by atoms with Crippen molar-refractivity contribution in [1.82, 2.24) is 10.3 Å². The maximum absolute atomic E-state index is 12.0. The molecule has 1 aliphatic rings. The van der Waals surface area contributed by atoms with Gasteiger partial charge in [-0.1, -0.05) is 18.5 Å². The highest BCUT2D eigenvalue weighted by molar-refractivity contribution is 6.29. The molecule has 1 amide bonds. The topological polar surface area (TPSA) is 54.0 Å². The van der Waals surface area contributed by atoms with E-state index in [4.69, 9.17) is 11.6 Å². The van der Waals surface area contributed by atoms with Gasteiger partial charge in [-0.25, -0.2) is 4.98 Å². The average molecular weight is 254 g/mol. The van der Waals surface area contributed by atoms with Crippen molar-refractivity contribution >= 4 is 23.2 Å². The zero-order valence-electron chi connectivity index (χ0n) is 9.74. The van der Waals surface area contributed by atoms with Crippen LogP contribution in [0.3, 0.4) is 0 Å². The number of hydrogen-bond acceptors (Lipinski definition) is 3. The summed E-state index contributed by atoms with van der Waals surface area (Å²) in [6, 6.07) is 3.31. The fourth-order valence-corrected chi connectivity index (χ4v) is 2.10. The highest BCUT2D eigenvalue weighted by atomic mass is 35.5. The summed E-state index contributed by atoms with van der Waals surface area (Å²) in [6.45, 7) is 3.07. The van der Waals surface area contributed by atoms with E-state index in [1.165, 1.54) is 0 Å². The Bertz CT molecular complexity index is 393. The van der Waals surface area contributed by atoms with Crippen molar-refractivity contribution in [3.8, 4) is 0 Å². The van der Waals surface area contributed by atoms with Crippen LogP contribution in [0.4, 0.5) is 5.69 Å². The number of anilines is 1. The van der Waals surface area contributed by atoms with Gasteiger partial charge in [0, 0.05) is 0 Å². The molecule has 1 fully saturated rings. The van der Waals surface area contributed by atoms with Gasteiger partial charge in [0.25, 0.3) is 0 Å². The molecule has 4 nitrogen and oxygen atoms in total. The molecule has 1 aliphatic heterocycles. The van der Waals surface area contributed by atoms with Gasteiger partial charge in [0.2, 0.25) is 5.91 Å². The Kier molecular flexibility index (Phi) is 3.97. The largest absolute Gasteiger partial charge is 0.323 e. The standard InChI is InChI=1S/C12H16ClN3O/c1-8-4-5-14-10(6-8)12(17)16-9-2-3-11(13)15-7-9/h2-3,7-8,10,14H,4-6H2,1H3,(H,16,17). The Morgan fingerprint density at radius 1 is 1.59 bits per heavy atom. The average Bonchev–Trinajstić information content (AvgIpc) is 2.32. The normalized spacial score (nSPS) is 24.4. The molecule has 0 bridgehead atoms. The van der Waals surface area contributed by atoms with Crippen LogP contribution in [-0.4, -0.2) is 23.5 Å². The lowest BCUT2D eigenvalue weighted by molar-refractivity contribution is -0.119. The van der Waals surface area contributed by atoms with Crippen LogP contribution in [0.5, 0.6) is 0 Å². The molecule has 0 aromatic carbocycles. The fourth-order valence-electron chi connectivity index (χ4n) is 1.99. The lowest BCUT2D eigenvalue weighted by Crippen LogP contribution is -2.45. The molecule has 2 unspecified atom stereocenters. The number of piperidine rings is 1. The molecule has 17 heavy (non-hydrogen) atoms. The van der Waals surface area contributed by atoms with E-state index in [0.29, 0.717) is 16.8 Å². The monoisotopic (exact) mass is 253 g/mol. The van der Waals surface area contributed by atoms with E-state index in [2.05, 4.69) is 22.5 Å². The van der Waals surface area contributed by atoms with Gasteiger partial charge in [0.1, 0.15) is 5.15 Å². The van der Waals surface area contributed by atoms with Crippen molar-refractivity contribution in [2.75, 3.05) is 11.9 Å². The maximum atomic E-state index is 12.0. The van der Waals surface area contributed by atoms with Crippen LogP contribution < -0.4 is 10.6 Å². The van der Waals surface area contributed by atoms with Gasteiger partial charge in [-0.3, -0.25) is 4.79 Å². The number of nitrogens with zero attached hydrogens (tertiary/aromatic N) is 1. The Morgan fingerprint density at radius 2 is 2.41 bits per heavy atom. The quantitative estimate of drug-likeness (QED) is 0.794. The molecule has 2 rings (SSSR count). The number of halogens is 1. The number of rotatable bonds is 2. The summed E-state index contributed by atoms with van der Waals surface area (Å²) in [5.74, 6) is 0.594. The van der Waals surface area contributed by atoms with Crippen molar-refractivity contribution in [2.24, 2.45) is 5.92 Å². The smallest absolute Gasteiger partial charge is 0.241 e. The van der Waals surface area contributed by atoms with Crippen molar-refractivity contribution in [3.05, 3.63) is 23.5 Å². The van der Waals surface area contributed by atoms with E-state index >= 15 is 0 Å². The Balaban J connectivity index is 1.94. The maximum Gasteiger partial charge on any atom is 0.241 e. The highest BCUT2D eigenvalue weighted by Crippen LogP contribution is 2.17. The molecule has 2 atom stereocenters. The Morgan fingerprint density at radius 3 is 3.06 bits per heavy atom. The predicted octanol–water partition coefficient (Wildman–Crippen LogP) is 2.06. The summed E-state index contributed by atoms with van der Waals surface area (Å²) in [5, 5.41) is 6.48. The van der Waals surface area contributed by atoms with Gasteiger partial charge in [0.05, 0.1) is 17.9 Å². The Labute approximate surface area is 106 Å². The molecular formula is C12H16ClN3O. The summed E-state index contributed by atoms with van der Waals surface area (Å²) in [5.41, 5.74) is 0.680. The third kappa shape index (κ3) is 3.41. The number of carbonyl (C=O) groups excluding carboxylic acids is 1. The molecule has 1 saturated heterocycles. The number of aromatic nitrogens is 1. The number of pyridine rings is 1. The van der Waals surface area contributed by atoms with Gasteiger partial charge < -0.3 is 10.6 Å². The molecule has 1 aromatic heterocycles. The summed E-state index contributed by atoms with van der Waals surface area (Å²) < 4.78 is 0. The molecule has 2 heterocycles. The van der Waals surface area contributed by atoms with Gasteiger partial charge in [-0.2, -0.15) is 0 Å². The van der Waals surface area contributed by atoms with E-state index < -0.39 is 0 Å². The number of carbonyl (C=O) groups is 1. The summed E-state index contributed by atoms with van der Waals surface area (Å²) in [7, 11) is 0. The van der Waals surface area contributed by atoms with Crippen LogP contribution in [0.25, 0.3) is 0 Å². The third-order valence-electron chi connectivity index (χ3n) is 2.98. The first-order valence-corrected chi connectivity index (χ1v) is 6.19. The first kappa shape index (κ1) is 12.3. The lowest BCUT2D eigenvalue weighted by Gasteiger charge is -2.27. The van der Waals surface area contributed by atoms with E-state index in [1.54, 1.807) is 18.3 Å². The number of nitrogens with one attached hydrogen (secondary N) is 2. The third-order valence-corrected chi connectivity index (χ3v) is 3.20. The second kappa shape index (κ2) is 5.47. The van der Waals surface area contributed by atoms with Crippen LogP contribution in [-0.2, 0) is 4.79 Å². The second-order valence-corrected chi connectivity index (χ2v) is 4.88. The van der Waals surface area contributed by atoms with Crippen molar-refractivity contribution in [3.63, 3.8) is 0 Å². The molecule has 92 valence electrons. The van der Waals surface area contributed by atoms with Crippen LogP contribution >= 0.6 is 11.6 Å². The zero-order valence-corrected chi connectivity index (χ0v) is 10.5. The molecule has 1 aromatic rings. The first-order chi connectivity index (χ1) is 8.15. The van der Waals surface area contributed by atoms with Gasteiger partial charge in [-0.15, -0.1) is 0 Å². The second-order valence-electron chi connectivity index (χ2n) is 4.50. The van der Waals surface area contributed by atoms with Crippen molar-refractivity contribution in [1.29, 1.82) is 0 Å². The lowest BCUT2D eigenvalue weighted by atomic mass is 9.94. The number of amides is 1. The van der Waals surface area contributed by atoms with E-state index in [-0.39, 0.29) is 11.9 Å². The summed E-state index contributed by atoms with van der Waals surface area (Å²) in [6.07, 6.45) is 3.58. The zero-order chi connectivity index (χ0) is 12.3. The molecule has 0 radical (unpaired) electrons. The Hall–Kier alpha value is -1.13. The minimum atomic E-state index is -0.102. The summed E-state index contributed by atoms with van der Waals surface area (Å²) >= 11 is 5.68.